The predicted octanol–water partition coefficient (Wildman–Crippen LogP) is 3.78. The molecule has 1 N–H and O–H groups in total. The van der Waals surface area contributed by atoms with Crippen LogP contribution in [0, 0.1) is 17.2 Å². The van der Waals surface area contributed by atoms with Gasteiger partial charge in [-0.1, -0.05) is 32.4 Å². The van der Waals surface area contributed by atoms with Crippen molar-refractivity contribution in [1.82, 2.24) is 4.31 Å². The smallest absolute Gasteiger partial charge is 0.265 e. The first kappa shape index (κ1) is 24.6. The maximum absolute atomic E-state index is 13.2. The molecule has 3 rings (SSSR count). The van der Waals surface area contributed by atoms with Gasteiger partial charge >= 0.3 is 0 Å². The van der Waals surface area contributed by atoms with E-state index in [1.807, 2.05) is 13.8 Å². The Hall–Kier alpha value is -3.09. The molecule has 8 nitrogen and oxygen atoms in total. The van der Waals surface area contributed by atoms with Crippen molar-refractivity contribution in [2.45, 2.75) is 44.1 Å². The van der Waals surface area contributed by atoms with Crippen LogP contribution in [0.15, 0.2) is 47.4 Å². The van der Waals surface area contributed by atoms with Gasteiger partial charge in [0.15, 0.2) is 6.10 Å². The Kier molecular flexibility index (Phi) is 7.95. The molecule has 2 aromatic rings. The van der Waals surface area contributed by atoms with Crippen molar-refractivity contribution in [2.75, 3.05) is 25.5 Å². The second-order valence-electron chi connectivity index (χ2n) is 8.21. The van der Waals surface area contributed by atoms with Gasteiger partial charge in [0.2, 0.25) is 10.0 Å². The number of carbonyl (C=O) groups is 1. The van der Waals surface area contributed by atoms with Crippen LogP contribution in [0.3, 0.4) is 0 Å². The molecule has 1 aliphatic rings. The normalized spacial score (nSPS) is 15.5. The topological polar surface area (TPSA) is 109 Å². The highest BCUT2D eigenvalue weighted by molar-refractivity contribution is 7.89. The molecule has 1 atom stereocenters. The van der Waals surface area contributed by atoms with Crippen molar-refractivity contribution in [3.8, 4) is 17.6 Å². The van der Waals surface area contributed by atoms with E-state index in [1.54, 1.807) is 30.3 Å². The van der Waals surface area contributed by atoms with E-state index in [4.69, 9.17) is 9.47 Å². The van der Waals surface area contributed by atoms with E-state index < -0.39 is 22.0 Å². The third-order valence-corrected chi connectivity index (χ3v) is 7.41. The first-order chi connectivity index (χ1) is 15.8. The fourth-order valence-electron chi connectivity index (χ4n) is 3.70. The van der Waals surface area contributed by atoms with E-state index in [1.165, 1.54) is 23.5 Å². The molecule has 0 spiro atoms. The molecule has 1 unspecified atom stereocenters. The molecule has 176 valence electrons. The van der Waals surface area contributed by atoms with Gasteiger partial charge in [0.25, 0.3) is 5.91 Å². The van der Waals surface area contributed by atoms with Crippen molar-refractivity contribution >= 4 is 21.6 Å². The number of benzene rings is 2. The molecule has 1 saturated heterocycles. The Morgan fingerprint density at radius 2 is 1.79 bits per heavy atom. The Morgan fingerprint density at radius 1 is 1.09 bits per heavy atom. The van der Waals surface area contributed by atoms with E-state index in [0.717, 1.165) is 19.3 Å². The van der Waals surface area contributed by atoms with Crippen LogP contribution in [-0.4, -0.2) is 44.9 Å². The van der Waals surface area contributed by atoms with E-state index in [9.17, 15) is 18.5 Å². The number of nitrogens with one attached hydrogen (secondary N) is 1. The van der Waals surface area contributed by atoms with Crippen molar-refractivity contribution in [3.05, 3.63) is 48.0 Å². The van der Waals surface area contributed by atoms with Crippen LogP contribution in [0.25, 0.3) is 0 Å². The Morgan fingerprint density at radius 3 is 2.42 bits per heavy atom. The van der Waals surface area contributed by atoms with Crippen LogP contribution >= 0.6 is 0 Å². The summed E-state index contributed by atoms with van der Waals surface area (Å²) in [5.41, 5.74) is 0.648. The van der Waals surface area contributed by atoms with E-state index >= 15 is 0 Å². The Bertz CT molecular complexity index is 1140. The molecule has 1 fully saturated rings. The number of methoxy groups -OCH3 is 1. The molecule has 0 aliphatic carbocycles. The number of anilines is 1. The van der Waals surface area contributed by atoms with Gasteiger partial charge in [0, 0.05) is 18.8 Å². The minimum absolute atomic E-state index is 0.0153. The summed E-state index contributed by atoms with van der Waals surface area (Å²) in [7, 11) is -2.35. The van der Waals surface area contributed by atoms with Gasteiger partial charge in [-0.25, -0.2) is 8.42 Å². The summed E-state index contributed by atoms with van der Waals surface area (Å²) in [6, 6.07) is 13.3. The quantitative estimate of drug-likeness (QED) is 0.628. The fourth-order valence-corrected chi connectivity index (χ4v) is 5.40. The number of carbonyl (C=O) groups excluding carboxylic acids is 1. The summed E-state index contributed by atoms with van der Waals surface area (Å²) in [4.78, 5) is 13.1. The number of piperidine rings is 1. The largest absolute Gasteiger partial charge is 0.495 e. The number of sulfonamides is 1. The summed E-state index contributed by atoms with van der Waals surface area (Å²) in [5.74, 6) is -0.106. The highest BCUT2D eigenvalue weighted by Gasteiger charge is 2.30. The Labute approximate surface area is 195 Å². The van der Waals surface area contributed by atoms with Crippen LogP contribution in [-0.2, 0) is 14.8 Å². The number of nitrogens with zero attached hydrogens (tertiary/aromatic N) is 2. The first-order valence-electron chi connectivity index (χ1n) is 10.9. The molecule has 2 aromatic carbocycles. The molecular weight excluding hydrogens is 442 g/mol. The summed E-state index contributed by atoms with van der Waals surface area (Å²) in [6.07, 6.45) is 1.75. The third kappa shape index (κ3) is 5.64. The molecule has 0 aromatic heterocycles. The molecule has 9 heteroatoms. The summed E-state index contributed by atoms with van der Waals surface area (Å²) in [6.45, 7) is 4.59. The molecule has 0 saturated carbocycles. The van der Waals surface area contributed by atoms with Gasteiger partial charge in [0.05, 0.1) is 12.7 Å². The number of rotatable bonds is 8. The summed E-state index contributed by atoms with van der Waals surface area (Å²) < 4.78 is 39.1. The van der Waals surface area contributed by atoms with Crippen LogP contribution < -0.4 is 14.8 Å². The number of hydrogen-bond donors (Lipinski definition) is 1. The van der Waals surface area contributed by atoms with Crippen LogP contribution in [0.5, 0.6) is 11.5 Å². The molecule has 33 heavy (non-hydrogen) atoms. The summed E-state index contributed by atoms with van der Waals surface area (Å²) in [5, 5.41) is 12.1. The monoisotopic (exact) mass is 471 g/mol. The lowest BCUT2D eigenvalue weighted by molar-refractivity contribution is -0.124. The number of nitriles is 1. The lowest BCUT2D eigenvalue weighted by Crippen LogP contribution is -2.37. The maximum Gasteiger partial charge on any atom is 0.265 e. The lowest BCUT2D eigenvalue weighted by atomic mass is 10.1. The van der Waals surface area contributed by atoms with Gasteiger partial charge in [-0.05, 0) is 49.1 Å². The fraction of sp³-hybridized carbons (Fsp3) is 0.417. The van der Waals surface area contributed by atoms with Gasteiger partial charge in [-0.3, -0.25) is 4.79 Å². The van der Waals surface area contributed by atoms with E-state index in [0.29, 0.717) is 30.1 Å². The zero-order chi connectivity index (χ0) is 24.0. The molecular formula is C24H29N3O5S. The number of ether oxygens (including phenoxy) is 2. The lowest BCUT2D eigenvalue weighted by Gasteiger charge is -2.27. The van der Waals surface area contributed by atoms with Crippen molar-refractivity contribution in [1.29, 1.82) is 5.26 Å². The van der Waals surface area contributed by atoms with E-state index in [-0.39, 0.29) is 16.6 Å². The van der Waals surface area contributed by atoms with Crippen molar-refractivity contribution in [3.63, 3.8) is 0 Å². The number of amides is 1. The Balaban J connectivity index is 1.86. The molecule has 1 amide bonds. The van der Waals surface area contributed by atoms with Crippen molar-refractivity contribution in [2.24, 2.45) is 5.92 Å². The standard InChI is InChI=1S/C24H29N3O5S/c1-17(2)23(32-20-10-6-5-9-18(20)16-25)24(28)26-19-11-12-21(31-3)22(15-19)33(29,30)27-13-7-4-8-14-27/h5-6,9-12,15,17,23H,4,7-8,13-14H2,1-3H3,(H,26,28). The van der Waals surface area contributed by atoms with Crippen molar-refractivity contribution < 1.29 is 22.7 Å². The number of hydrogen-bond acceptors (Lipinski definition) is 6. The summed E-state index contributed by atoms with van der Waals surface area (Å²) >= 11 is 0. The van der Waals surface area contributed by atoms with Gasteiger partial charge in [-0.15, -0.1) is 0 Å². The van der Waals surface area contributed by atoms with E-state index in [2.05, 4.69) is 11.4 Å². The zero-order valence-electron chi connectivity index (χ0n) is 19.1. The van der Waals surface area contributed by atoms with Gasteiger partial charge < -0.3 is 14.8 Å². The van der Waals surface area contributed by atoms with Crippen LogP contribution in [0.2, 0.25) is 0 Å². The first-order valence-corrected chi connectivity index (χ1v) is 12.4. The molecule has 1 heterocycles. The second kappa shape index (κ2) is 10.7. The highest BCUT2D eigenvalue weighted by atomic mass is 32.2. The van der Waals surface area contributed by atoms with Gasteiger partial charge in [-0.2, -0.15) is 9.57 Å². The maximum atomic E-state index is 13.2. The number of para-hydroxylation sites is 1. The zero-order valence-corrected chi connectivity index (χ0v) is 19.9. The average Bonchev–Trinajstić information content (AvgIpc) is 2.83. The highest BCUT2D eigenvalue weighted by Crippen LogP contribution is 2.31. The predicted molar refractivity (Wildman–Crippen MR) is 125 cm³/mol. The minimum atomic E-state index is -3.77. The molecule has 1 aliphatic heterocycles. The average molecular weight is 472 g/mol. The minimum Gasteiger partial charge on any atom is -0.495 e. The molecule has 0 radical (unpaired) electrons. The SMILES string of the molecule is COc1ccc(NC(=O)C(Oc2ccccc2C#N)C(C)C)cc1S(=O)(=O)N1CCCCC1. The second-order valence-corrected chi connectivity index (χ2v) is 10.1. The molecule has 0 bridgehead atoms. The van der Waals surface area contributed by atoms with Crippen LogP contribution in [0.1, 0.15) is 38.7 Å². The van der Waals surface area contributed by atoms with Crippen LogP contribution in [0.4, 0.5) is 5.69 Å². The van der Waals surface area contributed by atoms with Gasteiger partial charge in [0.1, 0.15) is 22.5 Å². The third-order valence-electron chi connectivity index (χ3n) is 5.49.